The van der Waals surface area contributed by atoms with E-state index in [0.29, 0.717) is 0 Å². The maximum absolute atomic E-state index is 8.94. The predicted octanol–water partition coefficient (Wildman–Crippen LogP) is 1.87. The third-order valence-electron chi connectivity index (χ3n) is 1.72. The van der Waals surface area contributed by atoms with Gasteiger partial charge >= 0.3 is 0 Å². The number of allylic oxidation sites excluding steroid dienone is 1. The maximum atomic E-state index is 8.94. The Balaban J connectivity index is 2.39. The van der Waals surface area contributed by atoms with Crippen molar-refractivity contribution >= 4 is 0 Å². The highest BCUT2D eigenvalue weighted by Gasteiger charge is 2.06. The molecule has 52 valence electrons. The van der Waals surface area contributed by atoms with Gasteiger partial charge in [0.2, 0.25) is 0 Å². The third-order valence-corrected chi connectivity index (χ3v) is 1.72. The summed E-state index contributed by atoms with van der Waals surface area (Å²) in [6, 6.07) is 0. The van der Waals surface area contributed by atoms with Crippen LogP contribution in [0, 0.1) is 0 Å². The highest BCUT2D eigenvalue weighted by atomic mass is 16.3. The molecule has 1 heteroatoms. The SMILES string of the molecule is CC(O)C=C1CCCC1. The van der Waals surface area contributed by atoms with E-state index in [1.807, 2.05) is 13.0 Å². The van der Waals surface area contributed by atoms with Crippen LogP contribution in [0.5, 0.6) is 0 Å². The van der Waals surface area contributed by atoms with Crippen LogP contribution in [0.4, 0.5) is 0 Å². The van der Waals surface area contributed by atoms with Crippen LogP contribution in [-0.4, -0.2) is 11.2 Å². The lowest BCUT2D eigenvalue weighted by Crippen LogP contribution is -1.93. The summed E-state index contributed by atoms with van der Waals surface area (Å²) in [7, 11) is 0. The Labute approximate surface area is 56.4 Å². The molecule has 0 saturated heterocycles. The molecule has 0 amide bonds. The summed E-state index contributed by atoms with van der Waals surface area (Å²) in [4.78, 5) is 0. The number of aliphatic hydroxyl groups is 1. The molecule has 1 nitrogen and oxygen atoms in total. The van der Waals surface area contributed by atoms with Gasteiger partial charge in [0.1, 0.15) is 0 Å². The van der Waals surface area contributed by atoms with Crippen LogP contribution >= 0.6 is 0 Å². The van der Waals surface area contributed by atoms with E-state index in [-0.39, 0.29) is 6.10 Å². The molecule has 1 aliphatic carbocycles. The summed E-state index contributed by atoms with van der Waals surface area (Å²) in [6.45, 7) is 1.81. The monoisotopic (exact) mass is 126 g/mol. The molecule has 0 radical (unpaired) electrons. The molecule has 0 bridgehead atoms. The van der Waals surface area contributed by atoms with Gasteiger partial charge in [0, 0.05) is 0 Å². The normalized spacial score (nSPS) is 22.2. The molecule has 0 aromatic carbocycles. The van der Waals surface area contributed by atoms with Gasteiger partial charge in [-0.15, -0.1) is 0 Å². The fourth-order valence-electron chi connectivity index (χ4n) is 1.34. The van der Waals surface area contributed by atoms with Crippen molar-refractivity contribution in [3.05, 3.63) is 11.6 Å². The molecule has 1 fully saturated rings. The Morgan fingerprint density at radius 1 is 1.44 bits per heavy atom. The molecule has 1 aliphatic rings. The van der Waals surface area contributed by atoms with Crippen molar-refractivity contribution in [2.45, 2.75) is 38.7 Å². The minimum atomic E-state index is -0.238. The zero-order chi connectivity index (χ0) is 6.69. The Bertz CT molecular complexity index is 106. The lowest BCUT2D eigenvalue weighted by Gasteiger charge is -1.97. The van der Waals surface area contributed by atoms with Gasteiger partial charge in [-0.2, -0.15) is 0 Å². The second-order valence-electron chi connectivity index (χ2n) is 2.77. The highest BCUT2D eigenvalue weighted by Crippen LogP contribution is 2.23. The first-order valence-corrected chi connectivity index (χ1v) is 3.66. The molecule has 1 rings (SSSR count). The average Bonchev–Trinajstić information content (AvgIpc) is 2.15. The van der Waals surface area contributed by atoms with Crippen molar-refractivity contribution in [3.8, 4) is 0 Å². The molecule has 1 unspecified atom stereocenters. The molecule has 0 heterocycles. The van der Waals surface area contributed by atoms with Gasteiger partial charge in [-0.05, 0) is 32.6 Å². The fraction of sp³-hybridized carbons (Fsp3) is 0.750. The summed E-state index contributed by atoms with van der Waals surface area (Å²) in [5.41, 5.74) is 1.45. The van der Waals surface area contributed by atoms with Gasteiger partial charge in [-0.25, -0.2) is 0 Å². The molecule has 0 spiro atoms. The summed E-state index contributed by atoms with van der Waals surface area (Å²) < 4.78 is 0. The number of aliphatic hydroxyl groups excluding tert-OH is 1. The second kappa shape index (κ2) is 3.02. The van der Waals surface area contributed by atoms with Crippen LogP contribution in [0.25, 0.3) is 0 Å². The van der Waals surface area contributed by atoms with Crippen LogP contribution in [0.2, 0.25) is 0 Å². The fourth-order valence-corrected chi connectivity index (χ4v) is 1.34. The Morgan fingerprint density at radius 3 is 2.44 bits per heavy atom. The van der Waals surface area contributed by atoms with Gasteiger partial charge in [0.05, 0.1) is 6.10 Å². The lowest BCUT2D eigenvalue weighted by atomic mass is 10.2. The molecule has 0 aliphatic heterocycles. The van der Waals surface area contributed by atoms with Crippen LogP contribution in [0.3, 0.4) is 0 Å². The average molecular weight is 126 g/mol. The Morgan fingerprint density at radius 2 is 2.00 bits per heavy atom. The van der Waals surface area contributed by atoms with Gasteiger partial charge in [-0.3, -0.25) is 0 Å². The summed E-state index contributed by atoms with van der Waals surface area (Å²) in [6.07, 6.45) is 6.80. The molecule has 0 aromatic heterocycles. The first kappa shape index (κ1) is 6.81. The smallest absolute Gasteiger partial charge is 0.0695 e. The highest BCUT2D eigenvalue weighted by molar-refractivity contribution is 5.07. The van der Waals surface area contributed by atoms with Gasteiger partial charge < -0.3 is 5.11 Å². The first-order valence-electron chi connectivity index (χ1n) is 3.66. The number of rotatable bonds is 1. The quantitative estimate of drug-likeness (QED) is 0.532. The molecule has 1 saturated carbocycles. The van der Waals surface area contributed by atoms with E-state index in [1.54, 1.807) is 0 Å². The minimum absolute atomic E-state index is 0.238. The van der Waals surface area contributed by atoms with Crippen LogP contribution in [0.1, 0.15) is 32.6 Å². The van der Waals surface area contributed by atoms with Crippen LogP contribution in [0.15, 0.2) is 11.6 Å². The van der Waals surface area contributed by atoms with Crippen LogP contribution in [-0.2, 0) is 0 Å². The standard InChI is InChI=1S/C8H14O/c1-7(9)6-8-4-2-3-5-8/h6-7,9H,2-5H2,1H3. The molecule has 1 N–H and O–H groups in total. The number of hydrogen-bond donors (Lipinski definition) is 1. The van der Waals surface area contributed by atoms with Crippen molar-refractivity contribution in [1.82, 2.24) is 0 Å². The largest absolute Gasteiger partial charge is 0.389 e. The van der Waals surface area contributed by atoms with Crippen LogP contribution < -0.4 is 0 Å². The molecule has 9 heavy (non-hydrogen) atoms. The Hall–Kier alpha value is -0.300. The second-order valence-corrected chi connectivity index (χ2v) is 2.77. The number of hydrogen-bond acceptors (Lipinski definition) is 1. The van der Waals surface area contributed by atoms with Gasteiger partial charge in [0.25, 0.3) is 0 Å². The summed E-state index contributed by atoms with van der Waals surface area (Å²) in [5, 5.41) is 8.94. The van der Waals surface area contributed by atoms with Crippen molar-refractivity contribution < 1.29 is 5.11 Å². The van der Waals surface area contributed by atoms with Crippen molar-refractivity contribution in [1.29, 1.82) is 0 Å². The summed E-state index contributed by atoms with van der Waals surface area (Å²) >= 11 is 0. The third kappa shape index (κ3) is 2.19. The van der Waals surface area contributed by atoms with Crippen molar-refractivity contribution in [2.24, 2.45) is 0 Å². The minimum Gasteiger partial charge on any atom is -0.389 e. The van der Waals surface area contributed by atoms with Crippen molar-refractivity contribution in [2.75, 3.05) is 0 Å². The lowest BCUT2D eigenvalue weighted by molar-refractivity contribution is 0.243. The summed E-state index contributed by atoms with van der Waals surface area (Å²) in [5.74, 6) is 0. The predicted molar refractivity (Wildman–Crippen MR) is 38.2 cm³/mol. The maximum Gasteiger partial charge on any atom is 0.0695 e. The van der Waals surface area contributed by atoms with E-state index in [0.717, 1.165) is 0 Å². The van der Waals surface area contributed by atoms with E-state index < -0.39 is 0 Å². The molecular weight excluding hydrogens is 112 g/mol. The zero-order valence-electron chi connectivity index (χ0n) is 5.93. The topological polar surface area (TPSA) is 20.2 Å². The molecular formula is C8H14O. The molecule has 0 aromatic rings. The zero-order valence-corrected chi connectivity index (χ0v) is 5.93. The van der Waals surface area contributed by atoms with E-state index in [1.165, 1.54) is 31.3 Å². The van der Waals surface area contributed by atoms with Crippen molar-refractivity contribution in [3.63, 3.8) is 0 Å². The van der Waals surface area contributed by atoms with E-state index >= 15 is 0 Å². The Kier molecular flexibility index (Phi) is 2.29. The van der Waals surface area contributed by atoms with E-state index in [9.17, 15) is 0 Å². The molecule has 1 atom stereocenters. The van der Waals surface area contributed by atoms with E-state index in [4.69, 9.17) is 5.11 Å². The van der Waals surface area contributed by atoms with Gasteiger partial charge in [0.15, 0.2) is 0 Å². The first-order chi connectivity index (χ1) is 4.29. The van der Waals surface area contributed by atoms with Gasteiger partial charge in [-0.1, -0.05) is 11.6 Å². The van der Waals surface area contributed by atoms with E-state index in [2.05, 4.69) is 0 Å².